The molecular weight excluding hydrogens is 349 g/mol. The molecule has 1 amide bonds. The van der Waals surface area contributed by atoms with Gasteiger partial charge in [-0.15, -0.1) is 6.58 Å². The summed E-state index contributed by atoms with van der Waals surface area (Å²) in [6.45, 7) is 3.75. The van der Waals surface area contributed by atoms with Crippen molar-refractivity contribution in [1.82, 2.24) is 15.3 Å². The molecular formula is C16H15BrFN3O. The van der Waals surface area contributed by atoms with Gasteiger partial charge in [-0.1, -0.05) is 22.0 Å². The molecule has 6 heteroatoms. The van der Waals surface area contributed by atoms with E-state index in [4.69, 9.17) is 0 Å². The number of amides is 1. The minimum atomic E-state index is -0.567. The summed E-state index contributed by atoms with van der Waals surface area (Å²) in [4.78, 5) is 19.1. The number of nitrogens with one attached hydrogen (secondary N) is 2. The maximum atomic E-state index is 14.1. The van der Waals surface area contributed by atoms with Crippen LogP contribution in [0.1, 0.15) is 25.1 Å². The van der Waals surface area contributed by atoms with Crippen molar-refractivity contribution < 1.29 is 9.18 Å². The number of imidazole rings is 1. The Kier molecular flexibility index (Phi) is 3.87. The molecule has 1 aromatic heterocycles. The Hall–Kier alpha value is -1.95. The minimum Gasteiger partial charge on any atom is -0.343 e. The fourth-order valence-corrected chi connectivity index (χ4v) is 3.13. The van der Waals surface area contributed by atoms with Crippen LogP contribution in [0.25, 0.3) is 11.3 Å². The summed E-state index contributed by atoms with van der Waals surface area (Å²) in [5, 5.41) is 2.97. The van der Waals surface area contributed by atoms with E-state index in [1.807, 2.05) is 0 Å². The van der Waals surface area contributed by atoms with Gasteiger partial charge in [0.05, 0.1) is 11.9 Å². The first-order chi connectivity index (χ1) is 10.5. The van der Waals surface area contributed by atoms with E-state index < -0.39 is 5.54 Å². The summed E-state index contributed by atoms with van der Waals surface area (Å²) in [6.07, 6.45) is 5.03. The van der Waals surface area contributed by atoms with E-state index in [9.17, 15) is 9.18 Å². The van der Waals surface area contributed by atoms with Crippen molar-refractivity contribution in [2.75, 3.05) is 0 Å². The number of benzene rings is 1. The molecule has 1 aliphatic heterocycles. The van der Waals surface area contributed by atoms with E-state index in [0.29, 0.717) is 40.8 Å². The Balaban J connectivity index is 1.99. The van der Waals surface area contributed by atoms with Crippen molar-refractivity contribution in [2.24, 2.45) is 0 Å². The van der Waals surface area contributed by atoms with Crippen LogP contribution < -0.4 is 5.32 Å². The molecule has 0 aliphatic carbocycles. The van der Waals surface area contributed by atoms with Gasteiger partial charge >= 0.3 is 0 Å². The minimum absolute atomic E-state index is 0.00498. The van der Waals surface area contributed by atoms with Crippen molar-refractivity contribution in [3.8, 4) is 11.3 Å². The second-order valence-electron chi connectivity index (χ2n) is 5.39. The van der Waals surface area contributed by atoms with Crippen LogP contribution in [0.2, 0.25) is 0 Å². The lowest BCUT2D eigenvalue weighted by molar-refractivity contribution is -0.119. The molecule has 1 fully saturated rings. The number of halogens is 2. The van der Waals surface area contributed by atoms with Crippen molar-refractivity contribution in [3.05, 3.63) is 53.2 Å². The van der Waals surface area contributed by atoms with Gasteiger partial charge in [-0.25, -0.2) is 9.37 Å². The lowest BCUT2D eigenvalue weighted by Crippen LogP contribution is -2.39. The van der Waals surface area contributed by atoms with Gasteiger partial charge in [-0.05, 0) is 31.0 Å². The van der Waals surface area contributed by atoms with E-state index in [1.165, 1.54) is 6.07 Å². The maximum Gasteiger partial charge on any atom is 0.220 e. The number of H-pyrrole nitrogens is 1. The third-order valence-corrected chi connectivity index (χ3v) is 4.39. The van der Waals surface area contributed by atoms with E-state index in [0.717, 1.165) is 0 Å². The van der Waals surface area contributed by atoms with Crippen LogP contribution in [-0.2, 0) is 10.3 Å². The Bertz CT molecular complexity index is 743. The number of hydrogen-bond acceptors (Lipinski definition) is 2. The average Bonchev–Trinajstić information content (AvgIpc) is 3.07. The molecule has 2 N–H and O–H groups in total. The molecule has 4 nitrogen and oxygen atoms in total. The quantitative estimate of drug-likeness (QED) is 0.814. The second-order valence-corrected chi connectivity index (χ2v) is 6.31. The van der Waals surface area contributed by atoms with Crippen molar-refractivity contribution >= 4 is 21.8 Å². The molecule has 2 heterocycles. The Morgan fingerprint density at radius 3 is 2.95 bits per heavy atom. The van der Waals surface area contributed by atoms with Crippen LogP contribution in [0.15, 0.2) is 41.5 Å². The zero-order valence-corrected chi connectivity index (χ0v) is 13.4. The molecule has 0 spiro atoms. The highest BCUT2D eigenvalue weighted by atomic mass is 79.9. The predicted octanol–water partition coefficient (Wildman–Crippen LogP) is 3.66. The SMILES string of the molecule is C=CC[C@@]1(c2ncc(-c3ccc(Br)cc3F)[nH]2)CCC(=O)N1. The highest BCUT2D eigenvalue weighted by Gasteiger charge is 2.40. The van der Waals surface area contributed by atoms with Crippen LogP contribution in [0.3, 0.4) is 0 Å². The van der Waals surface area contributed by atoms with Crippen LogP contribution >= 0.6 is 15.9 Å². The number of aromatic amines is 1. The van der Waals surface area contributed by atoms with E-state index in [2.05, 4.69) is 37.8 Å². The zero-order chi connectivity index (χ0) is 15.7. The largest absolute Gasteiger partial charge is 0.343 e. The summed E-state index contributed by atoms with van der Waals surface area (Å²) < 4.78 is 14.7. The first-order valence-corrected chi connectivity index (χ1v) is 7.76. The van der Waals surface area contributed by atoms with E-state index >= 15 is 0 Å². The van der Waals surface area contributed by atoms with Gasteiger partial charge in [0, 0.05) is 16.5 Å². The lowest BCUT2D eigenvalue weighted by Gasteiger charge is -2.25. The molecule has 0 unspecified atom stereocenters. The maximum absolute atomic E-state index is 14.1. The Morgan fingerprint density at radius 2 is 2.32 bits per heavy atom. The summed E-state index contributed by atoms with van der Waals surface area (Å²) >= 11 is 3.24. The molecule has 114 valence electrons. The number of nitrogens with zero attached hydrogens (tertiary/aromatic N) is 1. The fourth-order valence-electron chi connectivity index (χ4n) is 2.80. The molecule has 0 saturated carbocycles. The third-order valence-electron chi connectivity index (χ3n) is 3.90. The summed E-state index contributed by atoms with van der Waals surface area (Å²) in [6, 6.07) is 4.87. The van der Waals surface area contributed by atoms with Crippen molar-refractivity contribution in [2.45, 2.75) is 24.8 Å². The molecule has 1 atom stereocenters. The van der Waals surface area contributed by atoms with Crippen LogP contribution in [0.5, 0.6) is 0 Å². The lowest BCUT2D eigenvalue weighted by atomic mass is 9.92. The molecule has 0 radical (unpaired) electrons. The summed E-state index contributed by atoms with van der Waals surface area (Å²) in [5.74, 6) is 0.294. The summed E-state index contributed by atoms with van der Waals surface area (Å²) in [5.41, 5.74) is 0.466. The smallest absolute Gasteiger partial charge is 0.220 e. The summed E-state index contributed by atoms with van der Waals surface area (Å²) in [7, 11) is 0. The standard InChI is InChI=1S/C16H15BrFN3O/c1-2-6-16(7-5-14(22)21-16)15-19-9-13(20-15)11-4-3-10(17)8-12(11)18/h2-4,8-9H,1,5-7H2,(H,19,20)(H,21,22)/t16-/m0/s1. The third kappa shape index (κ3) is 2.59. The van der Waals surface area contributed by atoms with Gasteiger partial charge < -0.3 is 10.3 Å². The number of hydrogen-bond donors (Lipinski definition) is 2. The van der Waals surface area contributed by atoms with Crippen LogP contribution in [-0.4, -0.2) is 15.9 Å². The molecule has 1 aliphatic rings. The first-order valence-electron chi connectivity index (χ1n) is 6.97. The number of carbonyl (C=O) groups is 1. The normalized spacial score (nSPS) is 20.9. The van der Waals surface area contributed by atoms with Gasteiger partial charge in [-0.2, -0.15) is 0 Å². The first kappa shape index (κ1) is 15.0. The fraction of sp³-hybridized carbons (Fsp3) is 0.250. The van der Waals surface area contributed by atoms with E-state index in [-0.39, 0.29) is 11.7 Å². The molecule has 2 aromatic rings. The number of aromatic nitrogens is 2. The van der Waals surface area contributed by atoms with Gasteiger partial charge in [0.2, 0.25) is 5.91 Å². The molecule has 0 bridgehead atoms. The zero-order valence-electron chi connectivity index (χ0n) is 11.8. The highest BCUT2D eigenvalue weighted by molar-refractivity contribution is 9.10. The molecule has 1 saturated heterocycles. The number of rotatable bonds is 4. The van der Waals surface area contributed by atoms with Crippen LogP contribution in [0.4, 0.5) is 4.39 Å². The topological polar surface area (TPSA) is 57.8 Å². The van der Waals surface area contributed by atoms with Gasteiger partial charge in [0.25, 0.3) is 0 Å². The van der Waals surface area contributed by atoms with Crippen LogP contribution in [0, 0.1) is 5.82 Å². The van der Waals surface area contributed by atoms with E-state index in [1.54, 1.807) is 24.4 Å². The van der Waals surface area contributed by atoms with Crippen molar-refractivity contribution in [1.29, 1.82) is 0 Å². The second kappa shape index (κ2) is 5.68. The highest BCUT2D eigenvalue weighted by Crippen LogP contribution is 2.34. The Morgan fingerprint density at radius 1 is 1.50 bits per heavy atom. The molecule has 1 aromatic carbocycles. The predicted molar refractivity (Wildman–Crippen MR) is 85.6 cm³/mol. The van der Waals surface area contributed by atoms with Gasteiger partial charge in [0.1, 0.15) is 17.2 Å². The number of carbonyl (C=O) groups excluding carboxylic acids is 1. The average molecular weight is 364 g/mol. The van der Waals surface area contributed by atoms with Crippen molar-refractivity contribution in [3.63, 3.8) is 0 Å². The van der Waals surface area contributed by atoms with Gasteiger partial charge in [0.15, 0.2) is 0 Å². The molecule has 22 heavy (non-hydrogen) atoms. The monoisotopic (exact) mass is 363 g/mol. The van der Waals surface area contributed by atoms with Gasteiger partial charge in [-0.3, -0.25) is 4.79 Å². The Labute approximate surface area is 136 Å². The molecule has 3 rings (SSSR count).